The minimum absolute atomic E-state index is 0.216. The van der Waals surface area contributed by atoms with E-state index in [0.29, 0.717) is 18.8 Å². The summed E-state index contributed by atoms with van der Waals surface area (Å²) in [4.78, 5) is 51.7. The topological polar surface area (TPSA) is 144 Å². The van der Waals surface area contributed by atoms with Crippen molar-refractivity contribution in [1.29, 1.82) is 0 Å². The lowest BCUT2D eigenvalue weighted by atomic mass is 10.1. The third-order valence-corrected chi connectivity index (χ3v) is 8.40. The fraction of sp³-hybridized carbons (Fsp3) is 0.500. The predicted octanol–water partition coefficient (Wildman–Crippen LogP) is 4.00. The van der Waals surface area contributed by atoms with Crippen LogP contribution in [0.25, 0.3) is 0 Å². The summed E-state index contributed by atoms with van der Waals surface area (Å²) in [6, 6.07) is 0. The van der Waals surface area contributed by atoms with Crippen molar-refractivity contribution in [2.45, 2.75) is 80.4 Å². The van der Waals surface area contributed by atoms with Crippen LogP contribution in [0, 0.1) is 0 Å². The molecule has 6 aliphatic heterocycles. The number of carbonyl (C=O) groups excluding carboxylic acids is 4. The molecule has 53 heavy (non-hydrogen) atoms. The Labute approximate surface area is 312 Å². The first-order valence-electron chi connectivity index (χ1n) is 17.9. The van der Waals surface area contributed by atoms with E-state index in [9.17, 15) is 19.2 Å². The molecule has 13 nitrogen and oxygen atoms in total. The maximum absolute atomic E-state index is 11.7. The fourth-order valence-corrected chi connectivity index (χ4v) is 6.34. The van der Waals surface area contributed by atoms with Gasteiger partial charge in [-0.3, -0.25) is 14.7 Å². The molecular weight excluding hydrogens is 682 g/mol. The summed E-state index contributed by atoms with van der Waals surface area (Å²) < 4.78 is 26.0. The van der Waals surface area contributed by atoms with E-state index in [-0.39, 0.29) is 36.6 Å². The highest BCUT2D eigenvalue weighted by Crippen LogP contribution is 2.27. The molecule has 0 aromatic heterocycles. The molecule has 0 aliphatic carbocycles. The lowest BCUT2D eigenvalue weighted by Crippen LogP contribution is -2.54. The van der Waals surface area contributed by atoms with Crippen LogP contribution in [-0.4, -0.2) is 121 Å². The second-order valence-corrected chi connectivity index (χ2v) is 14.3. The summed E-state index contributed by atoms with van der Waals surface area (Å²) in [6.07, 6.45) is 11.8. The van der Waals surface area contributed by atoms with Gasteiger partial charge in [-0.25, -0.2) is 19.2 Å². The minimum Gasteiger partial charge on any atom is -0.439 e. The summed E-state index contributed by atoms with van der Waals surface area (Å²) in [5.74, 6) is -1.30. The lowest BCUT2D eigenvalue weighted by molar-refractivity contribution is -0.153. The molecule has 0 spiro atoms. The number of aliphatic hydroxyl groups excluding tert-OH is 1. The predicted molar refractivity (Wildman–Crippen MR) is 197 cm³/mol. The van der Waals surface area contributed by atoms with Gasteiger partial charge in [0.25, 0.3) is 0 Å². The van der Waals surface area contributed by atoms with Crippen LogP contribution in [0.3, 0.4) is 0 Å². The molecule has 2 saturated heterocycles. The normalized spacial score (nSPS) is 25.8. The van der Waals surface area contributed by atoms with E-state index in [4.69, 9.17) is 24.1 Å². The van der Waals surface area contributed by atoms with Crippen molar-refractivity contribution < 1.29 is 48.0 Å². The zero-order chi connectivity index (χ0) is 38.8. The molecule has 13 heteroatoms. The third-order valence-electron chi connectivity index (χ3n) is 8.40. The molecule has 0 aromatic carbocycles. The van der Waals surface area contributed by atoms with Gasteiger partial charge in [-0.05, 0) is 55.4 Å². The number of aliphatic hydroxyl groups is 1. The first-order chi connectivity index (χ1) is 25.1. The van der Waals surface area contributed by atoms with Crippen molar-refractivity contribution >= 4 is 23.9 Å². The van der Waals surface area contributed by atoms with Gasteiger partial charge in [-0.15, -0.1) is 0 Å². The number of nitrogens with zero attached hydrogens (tertiary/aromatic N) is 3. The molecule has 6 rings (SSSR count). The zero-order valence-corrected chi connectivity index (χ0v) is 32.0. The molecule has 6 aliphatic rings. The molecule has 6 heterocycles. The highest BCUT2D eigenvalue weighted by atomic mass is 16.6. The smallest absolute Gasteiger partial charge is 0.333 e. The van der Waals surface area contributed by atoms with Crippen LogP contribution in [0.1, 0.15) is 55.4 Å². The molecule has 0 radical (unpaired) electrons. The molecule has 4 unspecified atom stereocenters. The summed E-state index contributed by atoms with van der Waals surface area (Å²) in [7, 11) is 0. The van der Waals surface area contributed by atoms with E-state index < -0.39 is 12.3 Å². The van der Waals surface area contributed by atoms with Crippen LogP contribution >= 0.6 is 0 Å². The number of rotatable bonds is 7. The average molecular weight is 736 g/mol. The van der Waals surface area contributed by atoms with Gasteiger partial charge in [-0.1, -0.05) is 46.6 Å². The maximum Gasteiger partial charge on any atom is 0.333 e. The highest BCUT2D eigenvalue weighted by molar-refractivity contribution is 5.88. The van der Waals surface area contributed by atoms with E-state index in [1.165, 1.54) is 11.6 Å². The summed E-state index contributed by atoms with van der Waals surface area (Å²) >= 11 is 0. The monoisotopic (exact) mass is 735 g/mol. The van der Waals surface area contributed by atoms with Crippen molar-refractivity contribution in [2.24, 2.45) is 0 Å². The van der Waals surface area contributed by atoms with Gasteiger partial charge < -0.3 is 28.8 Å². The fourth-order valence-electron chi connectivity index (χ4n) is 6.34. The Morgan fingerprint density at radius 2 is 0.774 bits per heavy atom. The van der Waals surface area contributed by atoms with Gasteiger partial charge in [0, 0.05) is 85.9 Å². The maximum atomic E-state index is 11.7. The van der Waals surface area contributed by atoms with Crippen molar-refractivity contribution in [1.82, 2.24) is 14.7 Å². The summed E-state index contributed by atoms with van der Waals surface area (Å²) in [6.45, 7) is 21.8. The van der Waals surface area contributed by atoms with Crippen LogP contribution in [0.2, 0.25) is 0 Å². The van der Waals surface area contributed by atoms with Crippen LogP contribution in [0.15, 0.2) is 93.2 Å². The Morgan fingerprint density at radius 1 is 0.491 bits per heavy atom. The Morgan fingerprint density at radius 3 is 1.08 bits per heavy atom. The largest absolute Gasteiger partial charge is 0.439 e. The van der Waals surface area contributed by atoms with Gasteiger partial charge in [-0.2, -0.15) is 0 Å². The molecule has 4 atom stereocenters. The van der Waals surface area contributed by atoms with Crippen LogP contribution < -0.4 is 0 Å². The highest BCUT2D eigenvalue weighted by Gasteiger charge is 2.37. The molecule has 288 valence electrons. The van der Waals surface area contributed by atoms with Crippen LogP contribution in [0.4, 0.5) is 0 Å². The van der Waals surface area contributed by atoms with Crippen LogP contribution in [-0.2, 0) is 42.9 Å². The Bertz CT molecular complexity index is 1590. The van der Waals surface area contributed by atoms with Gasteiger partial charge >= 0.3 is 23.9 Å². The number of carbonyl (C=O) groups is 4. The molecule has 0 bridgehead atoms. The minimum atomic E-state index is -1.07. The number of cyclic esters (lactones) is 4. The van der Waals surface area contributed by atoms with E-state index in [2.05, 4.69) is 19.4 Å². The van der Waals surface area contributed by atoms with E-state index in [1.54, 1.807) is 24.3 Å². The van der Waals surface area contributed by atoms with Crippen molar-refractivity contribution in [2.75, 3.05) is 52.5 Å². The number of hydrogen-bond donors (Lipinski definition) is 1. The SMILES string of the molecule is CC(C)=CC1=CC(=O)OC1N1CCN(C2OC(=O)C=C2C=C(C)C)CC1.CC(C)=CC1=CC(=O)OC1N1CCOCC1.CC(C)=CC1=CC(=O)OC1O. The summed E-state index contributed by atoms with van der Waals surface area (Å²) in [5, 5.41) is 9.05. The van der Waals surface area contributed by atoms with Crippen molar-refractivity contribution in [3.8, 4) is 0 Å². The standard InChI is InChI=1S/C20H26N2O4.C12H17NO3.C8H10O3/c1-13(2)9-15-11-17(23)25-19(15)21-5-7-22(8-6-21)20-16(10-14(3)4)12-18(24)26-20;1-9(2)7-10-8-11(14)16-12(10)13-3-5-15-6-4-13;1-5(2)3-6-4-7(9)11-8(6)10/h9-12,19-20H,5-8H2,1-4H3;7-8,12H,3-6H2,1-2H3;3-4,8,10H,1-2H3. The van der Waals surface area contributed by atoms with E-state index in [1.807, 2.05) is 73.6 Å². The molecule has 1 N–H and O–H groups in total. The van der Waals surface area contributed by atoms with Crippen molar-refractivity contribution in [3.63, 3.8) is 0 Å². The summed E-state index contributed by atoms with van der Waals surface area (Å²) in [5.41, 5.74) is 7.74. The van der Waals surface area contributed by atoms with Crippen molar-refractivity contribution in [3.05, 3.63) is 93.2 Å². The zero-order valence-electron chi connectivity index (χ0n) is 32.0. The van der Waals surface area contributed by atoms with Gasteiger partial charge in [0.15, 0.2) is 18.7 Å². The Kier molecular flexibility index (Phi) is 14.9. The molecular formula is C40H53N3O10. The molecule has 0 saturated carbocycles. The van der Waals surface area contributed by atoms with E-state index in [0.717, 1.165) is 72.7 Å². The number of allylic oxidation sites excluding steroid dienone is 4. The molecule has 0 aromatic rings. The van der Waals surface area contributed by atoms with Gasteiger partial charge in [0.05, 0.1) is 13.2 Å². The molecule has 0 amide bonds. The quantitative estimate of drug-likeness (QED) is 0.298. The average Bonchev–Trinajstić information content (AvgIpc) is 3.82. The third kappa shape index (κ3) is 12.3. The number of hydrogen-bond acceptors (Lipinski definition) is 13. The number of piperazine rings is 1. The lowest BCUT2D eigenvalue weighted by Gasteiger charge is -2.39. The number of ether oxygens (including phenoxy) is 5. The Balaban J connectivity index is 0.000000197. The van der Waals surface area contributed by atoms with Gasteiger partial charge in [0.1, 0.15) is 0 Å². The Hall–Kier alpha value is -4.40. The number of esters is 4. The second-order valence-electron chi connectivity index (χ2n) is 14.3. The van der Waals surface area contributed by atoms with Crippen LogP contribution in [0.5, 0.6) is 0 Å². The first-order valence-corrected chi connectivity index (χ1v) is 17.9. The van der Waals surface area contributed by atoms with E-state index >= 15 is 0 Å². The second kappa shape index (κ2) is 19.1. The van der Waals surface area contributed by atoms with Gasteiger partial charge in [0.2, 0.25) is 6.29 Å². The first kappa shape index (κ1) is 41.4. The number of morpholine rings is 1. The molecule has 2 fully saturated rings.